The van der Waals surface area contributed by atoms with E-state index in [1.54, 1.807) is 6.07 Å². The average Bonchev–Trinajstić information content (AvgIpc) is 2.68. The first kappa shape index (κ1) is 20.6. The molecular weight excluding hydrogens is 344 g/mol. The van der Waals surface area contributed by atoms with Gasteiger partial charge in [-0.1, -0.05) is 44.2 Å². The monoisotopic (exact) mass is 372 g/mol. The van der Waals surface area contributed by atoms with Gasteiger partial charge in [0.15, 0.2) is 17.1 Å². The summed E-state index contributed by atoms with van der Waals surface area (Å²) in [5, 5.41) is 0.651. The zero-order chi connectivity index (χ0) is 19.5. The molecule has 0 aliphatic rings. The fraction of sp³-hybridized carbons (Fsp3) is 0.409. The zero-order valence-corrected chi connectivity index (χ0v) is 16.3. The van der Waals surface area contributed by atoms with Gasteiger partial charge in [-0.2, -0.15) is 0 Å². The zero-order valence-electron chi connectivity index (χ0n) is 16.3. The highest BCUT2D eigenvalue weighted by molar-refractivity contribution is 5.89. The van der Waals surface area contributed by atoms with E-state index in [1.165, 1.54) is 7.11 Å². The number of hydrogen-bond acceptors (Lipinski definition) is 5. The SMILES string of the molecule is CCC=CCCOc1c(OC)c2cccc(OCCC=CCC)c2oc1=O. The Morgan fingerprint density at radius 3 is 2.22 bits per heavy atom. The van der Waals surface area contributed by atoms with E-state index in [1.807, 2.05) is 18.2 Å². The van der Waals surface area contributed by atoms with Gasteiger partial charge in [-0.15, -0.1) is 0 Å². The van der Waals surface area contributed by atoms with Crippen molar-refractivity contribution in [1.29, 1.82) is 0 Å². The molecule has 0 spiro atoms. The van der Waals surface area contributed by atoms with Gasteiger partial charge < -0.3 is 18.6 Å². The molecule has 2 rings (SSSR count). The van der Waals surface area contributed by atoms with Crippen LogP contribution in [0.1, 0.15) is 39.5 Å². The van der Waals surface area contributed by atoms with Crippen molar-refractivity contribution in [1.82, 2.24) is 0 Å². The van der Waals surface area contributed by atoms with Crippen LogP contribution >= 0.6 is 0 Å². The summed E-state index contributed by atoms with van der Waals surface area (Å²) in [6, 6.07) is 5.45. The van der Waals surface area contributed by atoms with E-state index in [4.69, 9.17) is 18.6 Å². The van der Waals surface area contributed by atoms with Crippen molar-refractivity contribution in [2.24, 2.45) is 0 Å². The summed E-state index contributed by atoms with van der Waals surface area (Å²) in [7, 11) is 1.52. The van der Waals surface area contributed by atoms with Crippen molar-refractivity contribution in [2.45, 2.75) is 39.5 Å². The molecule has 27 heavy (non-hydrogen) atoms. The van der Waals surface area contributed by atoms with Gasteiger partial charge in [0.25, 0.3) is 0 Å². The van der Waals surface area contributed by atoms with E-state index >= 15 is 0 Å². The lowest BCUT2D eigenvalue weighted by Gasteiger charge is -2.13. The van der Waals surface area contributed by atoms with E-state index in [9.17, 15) is 4.79 Å². The molecule has 0 saturated heterocycles. The molecule has 5 nitrogen and oxygen atoms in total. The van der Waals surface area contributed by atoms with Crippen LogP contribution in [-0.2, 0) is 0 Å². The number of para-hydroxylation sites is 1. The predicted octanol–water partition coefficient (Wildman–Crippen LogP) is 5.27. The minimum Gasteiger partial charge on any atom is -0.492 e. The lowest BCUT2D eigenvalue weighted by Crippen LogP contribution is -2.10. The maximum Gasteiger partial charge on any atom is 0.383 e. The molecule has 0 N–H and O–H groups in total. The quantitative estimate of drug-likeness (QED) is 0.305. The molecule has 1 aromatic carbocycles. The van der Waals surface area contributed by atoms with Gasteiger partial charge in [-0.05, 0) is 37.8 Å². The summed E-state index contributed by atoms with van der Waals surface area (Å²) >= 11 is 0. The van der Waals surface area contributed by atoms with E-state index in [0.717, 1.165) is 19.3 Å². The number of allylic oxidation sites excluding steroid dienone is 2. The maximum atomic E-state index is 12.4. The summed E-state index contributed by atoms with van der Waals surface area (Å²) in [4.78, 5) is 12.4. The number of ether oxygens (including phenoxy) is 3. The number of rotatable bonds is 11. The molecular formula is C22H28O5. The summed E-state index contributed by atoms with van der Waals surface area (Å²) in [5.41, 5.74) is -0.196. The van der Waals surface area contributed by atoms with Crippen LogP contribution in [0.4, 0.5) is 0 Å². The van der Waals surface area contributed by atoms with Crippen LogP contribution in [0.2, 0.25) is 0 Å². The molecule has 5 heteroatoms. The van der Waals surface area contributed by atoms with Gasteiger partial charge in [0.1, 0.15) is 0 Å². The van der Waals surface area contributed by atoms with Gasteiger partial charge in [-0.3, -0.25) is 0 Å². The van der Waals surface area contributed by atoms with Crippen LogP contribution in [0, 0.1) is 0 Å². The number of benzene rings is 1. The second kappa shape index (κ2) is 11.1. The Labute approximate surface area is 160 Å². The summed E-state index contributed by atoms with van der Waals surface area (Å²) in [5.74, 6) is 0.986. The molecule has 1 heterocycles. The highest BCUT2D eigenvalue weighted by Crippen LogP contribution is 2.36. The van der Waals surface area contributed by atoms with Crippen LogP contribution in [0.3, 0.4) is 0 Å². The van der Waals surface area contributed by atoms with Crippen molar-refractivity contribution >= 4 is 11.0 Å². The summed E-state index contributed by atoms with van der Waals surface area (Å²) in [6.45, 7) is 5.04. The topological polar surface area (TPSA) is 57.9 Å². The van der Waals surface area contributed by atoms with Crippen LogP contribution in [0.25, 0.3) is 11.0 Å². The van der Waals surface area contributed by atoms with Crippen molar-refractivity contribution in [3.8, 4) is 17.2 Å². The molecule has 1 aromatic heterocycles. The van der Waals surface area contributed by atoms with Crippen molar-refractivity contribution in [2.75, 3.05) is 20.3 Å². The largest absolute Gasteiger partial charge is 0.492 e. The molecule has 0 amide bonds. The minimum atomic E-state index is -0.569. The van der Waals surface area contributed by atoms with Gasteiger partial charge in [-0.25, -0.2) is 4.79 Å². The number of hydrogen-bond donors (Lipinski definition) is 0. The molecule has 0 saturated carbocycles. The van der Waals surface area contributed by atoms with Gasteiger partial charge in [0, 0.05) is 0 Å². The Bertz CT molecular complexity index is 832. The third-order valence-corrected chi connectivity index (χ3v) is 3.89. The summed E-state index contributed by atoms with van der Waals surface area (Å²) in [6.07, 6.45) is 11.7. The third kappa shape index (κ3) is 5.64. The average molecular weight is 372 g/mol. The molecule has 0 aliphatic heterocycles. The molecule has 0 radical (unpaired) electrons. The summed E-state index contributed by atoms with van der Waals surface area (Å²) < 4.78 is 22.4. The second-order valence-corrected chi connectivity index (χ2v) is 5.92. The maximum absolute atomic E-state index is 12.4. The van der Waals surface area contributed by atoms with Crippen LogP contribution in [0.15, 0.2) is 51.7 Å². The standard InChI is InChI=1S/C22H28O5/c1-4-6-8-10-15-25-18-14-12-13-17-19(18)27-22(23)21(20(17)24-3)26-16-11-9-7-5-2/h6-9,12-14H,4-5,10-11,15-16H2,1-3H3. The van der Waals surface area contributed by atoms with Gasteiger partial charge in [0.05, 0.1) is 25.7 Å². The van der Waals surface area contributed by atoms with Crippen LogP contribution in [0.5, 0.6) is 17.2 Å². The molecule has 2 aromatic rings. The van der Waals surface area contributed by atoms with Crippen LogP contribution < -0.4 is 19.8 Å². The Hall–Kier alpha value is -2.69. The van der Waals surface area contributed by atoms with Crippen LogP contribution in [-0.4, -0.2) is 20.3 Å². The Balaban J connectivity index is 2.25. The fourth-order valence-electron chi connectivity index (χ4n) is 2.63. The Morgan fingerprint density at radius 1 is 0.926 bits per heavy atom. The first-order valence-electron chi connectivity index (χ1n) is 9.42. The first-order valence-corrected chi connectivity index (χ1v) is 9.42. The highest BCUT2D eigenvalue weighted by Gasteiger charge is 2.19. The van der Waals surface area contributed by atoms with E-state index in [-0.39, 0.29) is 5.75 Å². The van der Waals surface area contributed by atoms with Gasteiger partial charge in [0.2, 0.25) is 5.75 Å². The highest BCUT2D eigenvalue weighted by atomic mass is 16.5. The van der Waals surface area contributed by atoms with Crippen molar-refractivity contribution in [3.05, 3.63) is 52.9 Å². The van der Waals surface area contributed by atoms with E-state index in [0.29, 0.717) is 42.1 Å². The molecule has 0 aliphatic carbocycles. The smallest absolute Gasteiger partial charge is 0.383 e. The third-order valence-electron chi connectivity index (χ3n) is 3.89. The number of methoxy groups -OCH3 is 1. The second-order valence-electron chi connectivity index (χ2n) is 5.92. The molecule has 0 atom stereocenters. The molecule has 146 valence electrons. The fourth-order valence-corrected chi connectivity index (χ4v) is 2.63. The van der Waals surface area contributed by atoms with E-state index < -0.39 is 5.63 Å². The van der Waals surface area contributed by atoms with Crippen molar-refractivity contribution < 1.29 is 18.6 Å². The van der Waals surface area contributed by atoms with Crippen molar-refractivity contribution in [3.63, 3.8) is 0 Å². The molecule has 0 fully saturated rings. The Morgan fingerprint density at radius 2 is 1.59 bits per heavy atom. The predicted molar refractivity (Wildman–Crippen MR) is 108 cm³/mol. The molecule has 0 bridgehead atoms. The lowest BCUT2D eigenvalue weighted by atomic mass is 10.2. The first-order chi connectivity index (χ1) is 13.2. The normalized spacial score (nSPS) is 11.5. The van der Waals surface area contributed by atoms with E-state index in [2.05, 4.69) is 32.1 Å². The lowest BCUT2D eigenvalue weighted by molar-refractivity contribution is 0.283. The minimum absolute atomic E-state index is 0.0953. The Kier molecular flexibility index (Phi) is 8.49. The number of fused-ring (bicyclic) bond motifs is 1. The molecule has 0 unspecified atom stereocenters. The van der Waals surface area contributed by atoms with Gasteiger partial charge >= 0.3 is 5.63 Å².